The first-order valence-electron chi connectivity index (χ1n) is 7.82. The Morgan fingerprint density at radius 1 is 1.15 bits per heavy atom. The molecule has 0 fully saturated rings. The van der Waals surface area contributed by atoms with Crippen molar-refractivity contribution in [3.63, 3.8) is 0 Å². The van der Waals surface area contributed by atoms with Gasteiger partial charge in [-0.25, -0.2) is 9.07 Å². The van der Waals surface area contributed by atoms with Gasteiger partial charge >= 0.3 is 0 Å². The molecule has 1 heterocycles. The number of hydrogen-bond acceptors (Lipinski definition) is 3. The van der Waals surface area contributed by atoms with Crippen molar-refractivity contribution in [2.45, 2.75) is 20.1 Å². The fourth-order valence-electron chi connectivity index (χ4n) is 2.60. The molecule has 2 aromatic carbocycles. The molecule has 1 N–H and O–H groups in total. The van der Waals surface area contributed by atoms with Crippen LogP contribution in [0.25, 0.3) is 11.3 Å². The molecule has 0 saturated carbocycles. The molecule has 134 valence electrons. The Bertz CT molecular complexity index is 1010. The van der Waals surface area contributed by atoms with E-state index in [1.54, 1.807) is 37.3 Å². The van der Waals surface area contributed by atoms with Crippen LogP contribution in [0.4, 0.5) is 4.39 Å². The van der Waals surface area contributed by atoms with Gasteiger partial charge in [-0.1, -0.05) is 29.3 Å². The Morgan fingerprint density at radius 2 is 1.85 bits per heavy atom. The highest BCUT2D eigenvalue weighted by Crippen LogP contribution is 2.25. The Kier molecular flexibility index (Phi) is 5.41. The van der Waals surface area contributed by atoms with Crippen molar-refractivity contribution in [1.29, 1.82) is 0 Å². The van der Waals surface area contributed by atoms with Crippen LogP contribution in [0.3, 0.4) is 0 Å². The van der Waals surface area contributed by atoms with Gasteiger partial charge in [0.2, 0.25) is 0 Å². The monoisotopic (exact) mass is 392 g/mol. The molecule has 0 aliphatic rings. The maximum Gasteiger partial charge on any atom is 0.272 e. The zero-order valence-corrected chi connectivity index (χ0v) is 15.4. The fraction of sp³-hybridized carbons (Fsp3) is 0.158. The van der Waals surface area contributed by atoms with Crippen LogP contribution in [-0.2, 0) is 13.2 Å². The van der Waals surface area contributed by atoms with Crippen molar-refractivity contribution in [3.05, 3.63) is 85.4 Å². The Labute approximate surface area is 159 Å². The van der Waals surface area contributed by atoms with Crippen LogP contribution >= 0.6 is 23.2 Å². The van der Waals surface area contributed by atoms with E-state index in [2.05, 4.69) is 5.10 Å². The number of halogens is 3. The third-order valence-electron chi connectivity index (χ3n) is 4.04. The van der Waals surface area contributed by atoms with Gasteiger partial charge in [0.1, 0.15) is 5.82 Å². The molecule has 0 radical (unpaired) electrons. The van der Waals surface area contributed by atoms with Crippen LogP contribution in [0.2, 0.25) is 10.0 Å². The molecule has 0 aliphatic carbocycles. The standard InChI is InChI=1S/C19H15Cl2FN2O2/c1-11-7-12(5-6-17(11)22)18-8-13(10-25)19(26)24(23-18)9-14-15(20)3-2-4-16(14)21/h2-8,25H,9-10H2,1H3. The van der Waals surface area contributed by atoms with Crippen LogP contribution < -0.4 is 5.56 Å². The number of aromatic nitrogens is 2. The summed E-state index contributed by atoms with van der Waals surface area (Å²) in [6.45, 7) is 1.26. The zero-order valence-electron chi connectivity index (χ0n) is 13.8. The summed E-state index contributed by atoms with van der Waals surface area (Å²) in [5.74, 6) is -0.327. The Hall–Kier alpha value is -2.21. The molecular formula is C19H15Cl2FN2O2. The van der Waals surface area contributed by atoms with Gasteiger partial charge in [0, 0.05) is 26.7 Å². The summed E-state index contributed by atoms with van der Waals surface area (Å²) < 4.78 is 14.7. The number of aryl methyl sites for hydroxylation is 1. The van der Waals surface area contributed by atoms with Crippen molar-refractivity contribution < 1.29 is 9.50 Å². The lowest BCUT2D eigenvalue weighted by Crippen LogP contribution is -2.27. The second-order valence-electron chi connectivity index (χ2n) is 5.84. The van der Waals surface area contributed by atoms with Gasteiger partial charge in [-0.05, 0) is 48.9 Å². The third-order valence-corrected chi connectivity index (χ3v) is 4.75. The molecule has 3 aromatic rings. The van der Waals surface area contributed by atoms with Gasteiger partial charge in [-0.2, -0.15) is 5.10 Å². The molecule has 0 saturated heterocycles. The van der Waals surface area contributed by atoms with E-state index in [4.69, 9.17) is 23.2 Å². The van der Waals surface area contributed by atoms with Gasteiger partial charge in [0.25, 0.3) is 5.56 Å². The van der Waals surface area contributed by atoms with E-state index in [-0.39, 0.29) is 17.9 Å². The molecule has 0 amide bonds. The molecule has 26 heavy (non-hydrogen) atoms. The predicted octanol–water partition coefficient (Wildman–Crippen LogP) is 4.21. The van der Waals surface area contributed by atoms with E-state index in [0.717, 1.165) is 0 Å². The highest BCUT2D eigenvalue weighted by atomic mass is 35.5. The molecule has 1 aromatic heterocycles. The zero-order chi connectivity index (χ0) is 18.8. The Morgan fingerprint density at radius 3 is 2.46 bits per heavy atom. The van der Waals surface area contributed by atoms with Crippen LogP contribution in [0.5, 0.6) is 0 Å². The molecule has 0 spiro atoms. The Balaban J connectivity index is 2.13. The molecular weight excluding hydrogens is 378 g/mol. The van der Waals surface area contributed by atoms with Crippen molar-refractivity contribution in [2.24, 2.45) is 0 Å². The lowest BCUT2D eigenvalue weighted by atomic mass is 10.1. The quantitative estimate of drug-likeness (QED) is 0.723. The lowest BCUT2D eigenvalue weighted by molar-refractivity contribution is 0.278. The summed E-state index contributed by atoms with van der Waals surface area (Å²) in [7, 11) is 0. The van der Waals surface area contributed by atoms with Crippen LogP contribution in [-0.4, -0.2) is 14.9 Å². The van der Waals surface area contributed by atoms with Gasteiger partial charge in [0.05, 0.1) is 18.8 Å². The predicted molar refractivity (Wildman–Crippen MR) is 100 cm³/mol. The van der Waals surface area contributed by atoms with Crippen LogP contribution in [0.1, 0.15) is 16.7 Å². The van der Waals surface area contributed by atoms with Crippen molar-refractivity contribution in [3.8, 4) is 11.3 Å². The number of nitrogens with zero attached hydrogens (tertiary/aromatic N) is 2. The number of aliphatic hydroxyl groups excluding tert-OH is 1. The third kappa shape index (κ3) is 3.65. The first-order valence-corrected chi connectivity index (χ1v) is 8.57. The first-order chi connectivity index (χ1) is 12.4. The SMILES string of the molecule is Cc1cc(-c2cc(CO)c(=O)n(Cc3c(Cl)cccc3Cl)n2)ccc1F. The number of aliphatic hydroxyl groups is 1. The maximum atomic E-state index is 13.5. The summed E-state index contributed by atoms with van der Waals surface area (Å²) in [4.78, 5) is 12.5. The van der Waals surface area contributed by atoms with Gasteiger partial charge in [0.15, 0.2) is 0 Å². The molecule has 0 bridgehead atoms. The number of rotatable bonds is 4. The van der Waals surface area contributed by atoms with E-state index in [9.17, 15) is 14.3 Å². The highest BCUT2D eigenvalue weighted by molar-refractivity contribution is 6.35. The van der Waals surface area contributed by atoms with Crippen molar-refractivity contribution >= 4 is 23.2 Å². The molecule has 0 unspecified atom stereocenters. The van der Waals surface area contributed by atoms with Crippen LogP contribution in [0, 0.1) is 12.7 Å². The molecule has 4 nitrogen and oxygen atoms in total. The summed E-state index contributed by atoms with van der Waals surface area (Å²) in [5.41, 5.74) is 1.84. The van der Waals surface area contributed by atoms with Gasteiger partial charge in [-0.3, -0.25) is 4.79 Å². The van der Waals surface area contributed by atoms with E-state index in [1.165, 1.54) is 16.8 Å². The second-order valence-corrected chi connectivity index (χ2v) is 6.65. The average Bonchev–Trinajstić information content (AvgIpc) is 2.62. The van der Waals surface area contributed by atoms with Crippen molar-refractivity contribution in [2.75, 3.05) is 0 Å². The van der Waals surface area contributed by atoms with Crippen LogP contribution in [0.15, 0.2) is 47.3 Å². The summed E-state index contributed by atoms with van der Waals surface area (Å²) in [6, 6.07) is 11.1. The summed E-state index contributed by atoms with van der Waals surface area (Å²) in [5, 5.41) is 14.7. The normalized spacial score (nSPS) is 11.0. The topological polar surface area (TPSA) is 55.1 Å². The molecule has 7 heteroatoms. The summed E-state index contributed by atoms with van der Waals surface area (Å²) in [6.07, 6.45) is 0. The maximum absolute atomic E-state index is 13.5. The minimum atomic E-state index is -0.440. The van der Waals surface area contributed by atoms with E-state index < -0.39 is 12.2 Å². The molecule has 0 aliphatic heterocycles. The van der Waals surface area contributed by atoms with E-state index in [1.807, 2.05) is 0 Å². The second kappa shape index (κ2) is 7.58. The fourth-order valence-corrected chi connectivity index (χ4v) is 3.11. The van der Waals surface area contributed by atoms with E-state index >= 15 is 0 Å². The van der Waals surface area contributed by atoms with Crippen molar-refractivity contribution in [1.82, 2.24) is 9.78 Å². The van der Waals surface area contributed by atoms with Gasteiger partial charge < -0.3 is 5.11 Å². The largest absolute Gasteiger partial charge is 0.391 e. The average molecular weight is 393 g/mol. The number of benzene rings is 2. The summed E-state index contributed by atoms with van der Waals surface area (Å²) >= 11 is 12.4. The highest BCUT2D eigenvalue weighted by Gasteiger charge is 2.13. The lowest BCUT2D eigenvalue weighted by Gasteiger charge is -2.12. The first kappa shape index (κ1) is 18.6. The molecule has 0 atom stereocenters. The minimum absolute atomic E-state index is 0.0539. The number of hydrogen-bond donors (Lipinski definition) is 1. The van der Waals surface area contributed by atoms with E-state index in [0.29, 0.717) is 32.4 Å². The smallest absolute Gasteiger partial charge is 0.272 e. The minimum Gasteiger partial charge on any atom is -0.391 e. The molecule has 3 rings (SSSR count). The van der Waals surface area contributed by atoms with Gasteiger partial charge in [-0.15, -0.1) is 0 Å².